The van der Waals surface area contributed by atoms with Crippen molar-refractivity contribution in [1.29, 1.82) is 0 Å². The van der Waals surface area contributed by atoms with Crippen molar-refractivity contribution < 1.29 is 38.7 Å². The van der Waals surface area contributed by atoms with E-state index in [0.29, 0.717) is 99.2 Å². The summed E-state index contributed by atoms with van der Waals surface area (Å²) in [5.41, 5.74) is 0. The van der Waals surface area contributed by atoms with Gasteiger partial charge in [0.1, 0.15) is 9.75 Å². The second-order valence-electron chi connectivity index (χ2n) is 9.44. The first-order valence-corrected chi connectivity index (χ1v) is 16.2. The SMILES string of the molecule is COc1cc2c(Cl)c(C(=O)N3CCOCC3)sc2c(Br)c1O.COc1cc2c(Cl)c(C(=O)N3CCOCC3)sc2cc1O. The first-order chi connectivity index (χ1) is 20.7. The molecular formula is C28H27BrCl2N2O8S2. The molecule has 15 heteroatoms. The Morgan fingerprint density at radius 3 is 1.84 bits per heavy atom. The number of ether oxygens (including phenoxy) is 4. The predicted molar refractivity (Wildman–Crippen MR) is 171 cm³/mol. The number of carbonyl (C=O) groups excluding carboxylic acids is 2. The molecule has 2 aliphatic heterocycles. The molecule has 2 fully saturated rings. The summed E-state index contributed by atoms with van der Waals surface area (Å²) < 4.78 is 22.7. The molecule has 230 valence electrons. The van der Waals surface area contributed by atoms with Gasteiger partial charge in [-0.15, -0.1) is 22.7 Å². The molecule has 4 aromatic rings. The average molecular weight is 734 g/mol. The van der Waals surface area contributed by atoms with Gasteiger partial charge in [0.25, 0.3) is 11.8 Å². The number of phenols is 2. The van der Waals surface area contributed by atoms with Crippen molar-refractivity contribution in [1.82, 2.24) is 9.80 Å². The fraction of sp³-hybridized carbons (Fsp3) is 0.357. The third kappa shape index (κ3) is 6.35. The molecule has 4 heterocycles. The maximum Gasteiger partial charge on any atom is 0.265 e. The number of halogens is 3. The zero-order valence-corrected chi connectivity index (χ0v) is 27.8. The Kier molecular flexibility index (Phi) is 10.1. The van der Waals surface area contributed by atoms with E-state index in [9.17, 15) is 19.8 Å². The summed E-state index contributed by atoms with van der Waals surface area (Å²) in [5.74, 6) is 0.478. The number of amides is 2. The van der Waals surface area contributed by atoms with Crippen LogP contribution in [0.5, 0.6) is 23.0 Å². The number of hydrogen-bond acceptors (Lipinski definition) is 10. The van der Waals surface area contributed by atoms with Gasteiger partial charge in [-0.2, -0.15) is 0 Å². The maximum absolute atomic E-state index is 12.6. The van der Waals surface area contributed by atoms with Crippen LogP contribution in [0.3, 0.4) is 0 Å². The van der Waals surface area contributed by atoms with Crippen LogP contribution in [0.25, 0.3) is 20.2 Å². The first-order valence-electron chi connectivity index (χ1n) is 13.1. The van der Waals surface area contributed by atoms with Crippen LogP contribution in [-0.4, -0.2) is 98.7 Å². The van der Waals surface area contributed by atoms with Crippen molar-refractivity contribution in [3.8, 4) is 23.0 Å². The van der Waals surface area contributed by atoms with Gasteiger partial charge in [-0.05, 0) is 28.1 Å². The second-order valence-corrected chi connectivity index (χ2v) is 13.1. The van der Waals surface area contributed by atoms with Crippen LogP contribution in [0.1, 0.15) is 19.3 Å². The molecule has 2 aromatic carbocycles. The highest BCUT2D eigenvalue weighted by Crippen LogP contribution is 2.47. The van der Waals surface area contributed by atoms with Gasteiger partial charge in [-0.3, -0.25) is 9.59 Å². The number of morpholine rings is 2. The minimum Gasteiger partial charge on any atom is -0.504 e. The quantitative estimate of drug-likeness (QED) is 0.253. The van der Waals surface area contributed by atoms with E-state index < -0.39 is 0 Å². The minimum atomic E-state index is -0.111. The molecule has 0 saturated carbocycles. The number of phenolic OH excluding ortho intramolecular Hbond substituents is 2. The molecule has 6 rings (SSSR count). The molecule has 2 amide bonds. The van der Waals surface area contributed by atoms with Gasteiger partial charge in [-0.25, -0.2) is 0 Å². The molecule has 0 unspecified atom stereocenters. The van der Waals surface area contributed by atoms with Crippen LogP contribution in [0.15, 0.2) is 22.7 Å². The van der Waals surface area contributed by atoms with E-state index in [0.717, 1.165) is 9.40 Å². The monoisotopic (exact) mass is 732 g/mol. The lowest BCUT2D eigenvalue weighted by Gasteiger charge is -2.26. The fourth-order valence-corrected chi connectivity index (χ4v) is 8.24. The summed E-state index contributed by atoms with van der Waals surface area (Å²) >= 11 is 18.6. The second kappa shape index (κ2) is 13.6. The number of nitrogens with zero attached hydrogens (tertiary/aromatic N) is 2. The number of carbonyl (C=O) groups is 2. The van der Waals surface area contributed by atoms with Crippen LogP contribution in [0.4, 0.5) is 0 Å². The highest BCUT2D eigenvalue weighted by atomic mass is 79.9. The van der Waals surface area contributed by atoms with Crippen LogP contribution >= 0.6 is 61.8 Å². The highest BCUT2D eigenvalue weighted by molar-refractivity contribution is 9.10. The average Bonchev–Trinajstić information content (AvgIpc) is 3.54. The lowest BCUT2D eigenvalue weighted by atomic mass is 10.2. The summed E-state index contributed by atoms with van der Waals surface area (Å²) in [6.07, 6.45) is 0. The highest BCUT2D eigenvalue weighted by Gasteiger charge is 2.27. The van der Waals surface area contributed by atoms with E-state index in [1.54, 1.807) is 28.0 Å². The van der Waals surface area contributed by atoms with Gasteiger partial charge in [0, 0.05) is 47.7 Å². The van der Waals surface area contributed by atoms with Crippen LogP contribution in [0, 0.1) is 0 Å². The largest absolute Gasteiger partial charge is 0.504 e. The molecule has 0 bridgehead atoms. The molecule has 0 spiro atoms. The van der Waals surface area contributed by atoms with E-state index in [1.807, 2.05) is 0 Å². The van der Waals surface area contributed by atoms with Crippen molar-refractivity contribution in [2.45, 2.75) is 0 Å². The summed E-state index contributed by atoms with van der Waals surface area (Å²) in [5, 5.41) is 22.1. The van der Waals surface area contributed by atoms with Gasteiger partial charge < -0.3 is 39.0 Å². The van der Waals surface area contributed by atoms with Gasteiger partial charge in [0.2, 0.25) is 0 Å². The molecule has 10 nitrogen and oxygen atoms in total. The van der Waals surface area contributed by atoms with Crippen molar-refractivity contribution in [2.75, 3.05) is 66.8 Å². The summed E-state index contributed by atoms with van der Waals surface area (Å²) in [4.78, 5) is 29.6. The summed E-state index contributed by atoms with van der Waals surface area (Å²) in [6, 6.07) is 4.87. The number of aromatic hydroxyl groups is 2. The normalized spacial score (nSPS) is 15.4. The number of thiophene rings is 2. The maximum atomic E-state index is 12.6. The first kappa shape index (κ1) is 31.9. The van der Waals surface area contributed by atoms with E-state index >= 15 is 0 Å². The molecule has 2 N–H and O–H groups in total. The van der Waals surface area contributed by atoms with Gasteiger partial charge in [0.05, 0.1) is 59.9 Å². The van der Waals surface area contributed by atoms with E-state index in [1.165, 1.54) is 36.9 Å². The van der Waals surface area contributed by atoms with Crippen LogP contribution in [-0.2, 0) is 9.47 Å². The van der Waals surface area contributed by atoms with Crippen molar-refractivity contribution in [3.05, 3.63) is 42.5 Å². The predicted octanol–water partition coefficient (Wildman–Crippen LogP) is 6.25. The van der Waals surface area contributed by atoms with E-state index in [2.05, 4.69) is 15.9 Å². The fourth-order valence-electron chi connectivity index (χ4n) is 4.63. The molecule has 2 saturated heterocycles. The number of fused-ring (bicyclic) bond motifs is 2. The smallest absolute Gasteiger partial charge is 0.265 e. The van der Waals surface area contributed by atoms with Gasteiger partial charge in [0.15, 0.2) is 23.0 Å². The topological polar surface area (TPSA) is 118 Å². The third-order valence-electron chi connectivity index (χ3n) is 6.93. The Morgan fingerprint density at radius 2 is 1.30 bits per heavy atom. The molecule has 0 aliphatic carbocycles. The van der Waals surface area contributed by atoms with Crippen molar-refractivity contribution >= 4 is 93.8 Å². The third-order valence-corrected chi connectivity index (χ3v) is 11.3. The Labute approximate surface area is 273 Å². The van der Waals surface area contributed by atoms with Gasteiger partial charge >= 0.3 is 0 Å². The lowest BCUT2D eigenvalue weighted by molar-refractivity contribution is 0.0304. The van der Waals surface area contributed by atoms with Crippen LogP contribution < -0.4 is 9.47 Å². The zero-order chi connectivity index (χ0) is 30.8. The zero-order valence-electron chi connectivity index (χ0n) is 23.1. The Balaban J connectivity index is 0.000000171. The number of methoxy groups -OCH3 is 2. The summed E-state index contributed by atoms with van der Waals surface area (Å²) in [6.45, 7) is 4.40. The molecular weight excluding hydrogens is 707 g/mol. The van der Waals surface area contributed by atoms with Gasteiger partial charge in [-0.1, -0.05) is 23.2 Å². The molecule has 0 radical (unpaired) electrons. The minimum absolute atomic E-state index is 0.00159. The molecule has 2 aromatic heterocycles. The molecule has 43 heavy (non-hydrogen) atoms. The summed E-state index contributed by atoms with van der Waals surface area (Å²) in [7, 11) is 2.94. The van der Waals surface area contributed by atoms with Crippen LogP contribution in [0.2, 0.25) is 10.0 Å². The standard InChI is InChI=1S/C14H13BrClNO4S.C14H14ClNO4S/c1-20-8-6-7-10(16)13(22-12(7)9(15)11(8)18)14(19)17-2-4-21-5-3-17;1-19-10-6-8-11(7-9(10)17)21-13(12(8)15)14(18)16-2-4-20-5-3-16/h6,18H,2-5H2,1H3;6-7,17H,2-5H2,1H3. The number of hydrogen-bond donors (Lipinski definition) is 2. The number of benzene rings is 2. The van der Waals surface area contributed by atoms with E-state index in [-0.39, 0.29) is 23.3 Å². The van der Waals surface area contributed by atoms with Crippen molar-refractivity contribution in [2.24, 2.45) is 0 Å². The van der Waals surface area contributed by atoms with E-state index in [4.69, 9.17) is 42.1 Å². The molecule has 2 aliphatic rings. The Bertz CT molecular complexity index is 1680. The van der Waals surface area contributed by atoms with Crippen molar-refractivity contribution in [3.63, 3.8) is 0 Å². The Hall–Kier alpha value is -2.52. The Morgan fingerprint density at radius 1 is 0.814 bits per heavy atom. The molecule has 0 atom stereocenters. The lowest BCUT2D eigenvalue weighted by Crippen LogP contribution is -2.40. The number of rotatable bonds is 4.